The first-order valence-electron chi connectivity index (χ1n) is 6.49. The molecule has 0 saturated carbocycles. The summed E-state index contributed by atoms with van der Waals surface area (Å²) in [7, 11) is 1.58. The summed E-state index contributed by atoms with van der Waals surface area (Å²) in [5.74, 6) is 6.56. The van der Waals surface area contributed by atoms with E-state index in [9.17, 15) is 5.11 Å². The summed E-state index contributed by atoms with van der Waals surface area (Å²) in [6.07, 6.45) is 2.06. The molecule has 1 aromatic heterocycles. The zero-order valence-electron chi connectivity index (χ0n) is 11.6. The summed E-state index contributed by atoms with van der Waals surface area (Å²) in [5.41, 5.74) is 0.0924. The summed E-state index contributed by atoms with van der Waals surface area (Å²) < 4.78 is 5.16. The fourth-order valence-electron chi connectivity index (χ4n) is 1.79. The Morgan fingerprint density at radius 1 is 1.25 bits per heavy atom. The van der Waals surface area contributed by atoms with Crippen LogP contribution in [0.1, 0.15) is 24.6 Å². The standard InChI is InChI=1S/C17H17NO2/c1-3-17(19,11-9-14-7-5-4-6-8-14)16-13-15(20-2)10-12-18-16/h4-8,10,12-13,19H,3H2,1-2H3/t17-/m0/s1. The lowest BCUT2D eigenvalue weighted by Gasteiger charge is -2.20. The van der Waals surface area contributed by atoms with Crippen LogP contribution < -0.4 is 4.74 Å². The van der Waals surface area contributed by atoms with Gasteiger partial charge in [0.1, 0.15) is 5.75 Å². The van der Waals surface area contributed by atoms with E-state index in [-0.39, 0.29) is 0 Å². The van der Waals surface area contributed by atoms with E-state index in [1.54, 1.807) is 25.4 Å². The van der Waals surface area contributed by atoms with Gasteiger partial charge in [-0.05, 0) is 24.6 Å². The summed E-state index contributed by atoms with van der Waals surface area (Å²) in [6, 6.07) is 13.0. The fourth-order valence-corrected chi connectivity index (χ4v) is 1.79. The van der Waals surface area contributed by atoms with Crippen LogP contribution in [0, 0.1) is 11.8 Å². The van der Waals surface area contributed by atoms with Crippen LogP contribution in [0.5, 0.6) is 5.75 Å². The number of benzene rings is 1. The van der Waals surface area contributed by atoms with Crippen molar-refractivity contribution in [2.45, 2.75) is 18.9 Å². The van der Waals surface area contributed by atoms with Crippen molar-refractivity contribution >= 4 is 0 Å². The van der Waals surface area contributed by atoms with Gasteiger partial charge in [-0.1, -0.05) is 37.0 Å². The molecule has 2 aromatic rings. The summed E-state index contributed by atoms with van der Waals surface area (Å²) in [6.45, 7) is 1.88. The van der Waals surface area contributed by atoms with Crippen LogP contribution in [0.25, 0.3) is 0 Å². The van der Waals surface area contributed by atoms with Crippen molar-refractivity contribution in [3.05, 3.63) is 59.9 Å². The Labute approximate surface area is 119 Å². The van der Waals surface area contributed by atoms with Crippen LogP contribution in [0.3, 0.4) is 0 Å². The molecule has 0 unspecified atom stereocenters. The van der Waals surface area contributed by atoms with Gasteiger partial charge < -0.3 is 9.84 Å². The highest BCUT2D eigenvalue weighted by atomic mass is 16.5. The number of methoxy groups -OCH3 is 1. The van der Waals surface area contributed by atoms with Crippen molar-refractivity contribution in [1.29, 1.82) is 0 Å². The van der Waals surface area contributed by atoms with Crippen LogP contribution in [0.4, 0.5) is 0 Å². The lowest BCUT2D eigenvalue weighted by atomic mass is 9.96. The van der Waals surface area contributed by atoms with E-state index < -0.39 is 5.60 Å². The van der Waals surface area contributed by atoms with Crippen molar-refractivity contribution in [3.8, 4) is 17.6 Å². The minimum absolute atomic E-state index is 0.451. The van der Waals surface area contributed by atoms with Gasteiger partial charge in [-0.25, -0.2) is 0 Å². The molecule has 102 valence electrons. The van der Waals surface area contributed by atoms with Crippen LogP contribution in [-0.4, -0.2) is 17.2 Å². The van der Waals surface area contributed by atoms with E-state index in [0.29, 0.717) is 17.9 Å². The predicted molar refractivity (Wildman–Crippen MR) is 78.3 cm³/mol. The molecule has 0 saturated heterocycles. The third-order valence-corrected chi connectivity index (χ3v) is 3.09. The first-order chi connectivity index (χ1) is 9.68. The molecule has 0 amide bonds. The molecule has 3 heteroatoms. The summed E-state index contributed by atoms with van der Waals surface area (Å²) in [4.78, 5) is 4.21. The molecule has 0 spiro atoms. The number of aromatic nitrogens is 1. The highest BCUT2D eigenvalue weighted by Gasteiger charge is 2.26. The van der Waals surface area contributed by atoms with Crippen LogP contribution in [0.15, 0.2) is 48.7 Å². The van der Waals surface area contributed by atoms with Gasteiger partial charge in [0.2, 0.25) is 0 Å². The Hall–Kier alpha value is -2.31. The number of pyridine rings is 1. The second-order valence-corrected chi connectivity index (χ2v) is 4.41. The molecule has 1 aromatic carbocycles. The van der Waals surface area contributed by atoms with Gasteiger partial charge in [-0.3, -0.25) is 4.98 Å². The largest absolute Gasteiger partial charge is 0.497 e. The maximum Gasteiger partial charge on any atom is 0.167 e. The highest BCUT2D eigenvalue weighted by molar-refractivity contribution is 5.39. The third kappa shape index (κ3) is 3.17. The number of nitrogens with zero attached hydrogens (tertiary/aromatic N) is 1. The van der Waals surface area contributed by atoms with Crippen molar-refractivity contribution in [2.24, 2.45) is 0 Å². The van der Waals surface area contributed by atoms with Gasteiger partial charge in [0.15, 0.2) is 5.60 Å². The zero-order chi connectivity index (χ0) is 14.4. The Kier molecular flexibility index (Phi) is 4.39. The lowest BCUT2D eigenvalue weighted by molar-refractivity contribution is 0.0909. The number of rotatable bonds is 3. The molecule has 0 aliphatic rings. The molecule has 1 N–H and O–H groups in total. The van der Waals surface area contributed by atoms with E-state index in [1.165, 1.54) is 0 Å². The first-order valence-corrected chi connectivity index (χ1v) is 6.49. The van der Waals surface area contributed by atoms with Gasteiger partial charge in [0.25, 0.3) is 0 Å². The number of ether oxygens (including phenoxy) is 1. The monoisotopic (exact) mass is 267 g/mol. The molecule has 0 aliphatic carbocycles. The van der Waals surface area contributed by atoms with E-state index >= 15 is 0 Å². The molecule has 0 aliphatic heterocycles. The zero-order valence-corrected chi connectivity index (χ0v) is 11.6. The topological polar surface area (TPSA) is 42.4 Å². The molecule has 0 bridgehead atoms. The van der Waals surface area contributed by atoms with Gasteiger partial charge in [-0.15, -0.1) is 0 Å². The predicted octanol–water partition coefficient (Wildman–Crippen LogP) is 2.74. The van der Waals surface area contributed by atoms with Crippen LogP contribution in [-0.2, 0) is 5.60 Å². The second-order valence-electron chi connectivity index (χ2n) is 4.41. The fraction of sp³-hybridized carbons (Fsp3) is 0.235. The average Bonchev–Trinajstić information content (AvgIpc) is 2.53. The molecule has 2 rings (SSSR count). The Bertz CT molecular complexity index is 628. The van der Waals surface area contributed by atoms with E-state index in [2.05, 4.69) is 16.8 Å². The maximum absolute atomic E-state index is 10.7. The molecule has 20 heavy (non-hydrogen) atoms. The Morgan fingerprint density at radius 3 is 2.65 bits per heavy atom. The first kappa shape index (κ1) is 14.1. The average molecular weight is 267 g/mol. The quantitative estimate of drug-likeness (QED) is 0.869. The van der Waals surface area contributed by atoms with Crippen LogP contribution in [0.2, 0.25) is 0 Å². The molecule has 3 nitrogen and oxygen atoms in total. The number of hydrogen-bond donors (Lipinski definition) is 1. The Morgan fingerprint density at radius 2 is 2.00 bits per heavy atom. The van der Waals surface area contributed by atoms with Crippen LogP contribution >= 0.6 is 0 Å². The Balaban J connectivity index is 2.36. The van der Waals surface area contributed by atoms with Crippen molar-refractivity contribution in [3.63, 3.8) is 0 Å². The SMILES string of the molecule is CC[C@](O)(C#Cc1ccccc1)c1cc(OC)ccn1. The molecule has 1 atom stereocenters. The van der Waals surface area contributed by atoms with Crippen molar-refractivity contribution < 1.29 is 9.84 Å². The molecular weight excluding hydrogens is 250 g/mol. The van der Waals surface area contributed by atoms with Crippen molar-refractivity contribution in [1.82, 2.24) is 4.98 Å². The molecule has 0 fully saturated rings. The second kappa shape index (κ2) is 6.23. The molecule has 1 heterocycles. The maximum atomic E-state index is 10.7. The highest BCUT2D eigenvalue weighted by Crippen LogP contribution is 2.25. The molecular formula is C17H17NO2. The van der Waals surface area contributed by atoms with Crippen molar-refractivity contribution in [2.75, 3.05) is 7.11 Å². The van der Waals surface area contributed by atoms with Gasteiger partial charge in [0, 0.05) is 17.8 Å². The van der Waals surface area contributed by atoms with Gasteiger partial charge in [0.05, 0.1) is 12.8 Å². The minimum atomic E-state index is -1.27. The van der Waals surface area contributed by atoms with E-state index in [0.717, 1.165) is 5.56 Å². The van der Waals surface area contributed by atoms with Gasteiger partial charge >= 0.3 is 0 Å². The van der Waals surface area contributed by atoms with E-state index in [1.807, 2.05) is 37.3 Å². The minimum Gasteiger partial charge on any atom is -0.497 e. The normalized spacial score (nSPS) is 12.9. The lowest BCUT2D eigenvalue weighted by Crippen LogP contribution is -2.24. The molecule has 0 radical (unpaired) electrons. The summed E-state index contributed by atoms with van der Waals surface area (Å²) >= 11 is 0. The number of hydrogen-bond acceptors (Lipinski definition) is 3. The third-order valence-electron chi connectivity index (χ3n) is 3.09. The smallest absolute Gasteiger partial charge is 0.167 e. The van der Waals surface area contributed by atoms with Gasteiger partial charge in [-0.2, -0.15) is 0 Å². The number of aliphatic hydroxyl groups is 1. The summed E-state index contributed by atoms with van der Waals surface area (Å²) in [5, 5.41) is 10.7. The van der Waals surface area contributed by atoms with E-state index in [4.69, 9.17) is 4.74 Å².